The fraction of sp³-hybridized carbons (Fsp3) is 0.318. The van der Waals surface area contributed by atoms with Gasteiger partial charge >= 0.3 is 0 Å². The average molecular weight is 398 g/mol. The lowest BCUT2D eigenvalue weighted by atomic mass is 9.82. The first-order chi connectivity index (χ1) is 13.2. The van der Waals surface area contributed by atoms with Gasteiger partial charge in [-0.3, -0.25) is 0 Å². The molecule has 148 valence electrons. The topological polar surface area (TPSA) is 64.0 Å². The largest absolute Gasteiger partial charge is 0.241 e. The van der Waals surface area contributed by atoms with Crippen LogP contribution in [0.3, 0.4) is 0 Å². The zero-order valence-corrected chi connectivity index (χ0v) is 17.6. The van der Waals surface area contributed by atoms with Crippen molar-refractivity contribution in [2.24, 2.45) is 0 Å². The number of rotatable bonds is 7. The third-order valence-corrected chi connectivity index (χ3v) is 6.79. The number of hydrogen-bond donors (Lipinski definition) is 1. The molecule has 0 saturated carbocycles. The summed E-state index contributed by atoms with van der Waals surface area (Å²) in [7, 11) is -3.63. The molecule has 1 unspecified atom stereocenters. The van der Waals surface area contributed by atoms with Crippen molar-refractivity contribution in [3.8, 4) is 5.69 Å². The lowest BCUT2D eigenvalue weighted by Crippen LogP contribution is -2.27. The highest BCUT2D eigenvalue weighted by Crippen LogP contribution is 2.27. The van der Waals surface area contributed by atoms with Crippen molar-refractivity contribution in [1.29, 1.82) is 0 Å². The molecule has 1 heterocycles. The molecule has 0 bridgehead atoms. The molecule has 1 aromatic heterocycles. The highest BCUT2D eigenvalue weighted by molar-refractivity contribution is 7.89. The summed E-state index contributed by atoms with van der Waals surface area (Å²) in [6, 6.07) is 18.2. The van der Waals surface area contributed by atoms with Crippen LogP contribution < -0.4 is 4.72 Å². The van der Waals surface area contributed by atoms with Crippen LogP contribution in [0.1, 0.15) is 51.4 Å². The molecule has 0 spiro atoms. The monoisotopic (exact) mass is 397 g/mol. The van der Waals surface area contributed by atoms with Crippen LogP contribution in [0.25, 0.3) is 5.69 Å². The number of nitrogens with one attached hydrogen (secondary N) is 1. The Morgan fingerprint density at radius 1 is 1.04 bits per heavy atom. The molecule has 0 amide bonds. The van der Waals surface area contributed by atoms with Crippen LogP contribution in [0.5, 0.6) is 0 Å². The van der Waals surface area contributed by atoms with Gasteiger partial charge in [0.15, 0.2) is 0 Å². The molecule has 1 N–H and O–H groups in total. The van der Waals surface area contributed by atoms with Gasteiger partial charge < -0.3 is 0 Å². The summed E-state index contributed by atoms with van der Waals surface area (Å²) in [5.41, 5.74) is 2.74. The summed E-state index contributed by atoms with van der Waals surface area (Å²) in [5.74, 6) is 0. The Morgan fingerprint density at radius 2 is 1.68 bits per heavy atom. The Balaban J connectivity index is 1.76. The zero-order valence-electron chi connectivity index (χ0n) is 16.8. The fourth-order valence-electron chi connectivity index (χ4n) is 2.94. The van der Waals surface area contributed by atoms with Crippen LogP contribution >= 0.6 is 0 Å². The number of para-hydroxylation sites is 1. The molecule has 6 heteroatoms. The Morgan fingerprint density at radius 3 is 2.29 bits per heavy atom. The van der Waals surface area contributed by atoms with E-state index in [1.54, 1.807) is 23.7 Å². The highest BCUT2D eigenvalue weighted by atomic mass is 32.2. The predicted molar refractivity (Wildman–Crippen MR) is 112 cm³/mol. The summed E-state index contributed by atoms with van der Waals surface area (Å²) >= 11 is 0. The normalized spacial score (nSPS) is 13.4. The van der Waals surface area contributed by atoms with Gasteiger partial charge in [-0.2, -0.15) is 5.10 Å². The first-order valence-electron chi connectivity index (χ1n) is 9.47. The molecule has 0 aliphatic rings. The van der Waals surface area contributed by atoms with Gasteiger partial charge in [0.05, 0.1) is 22.3 Å². The molecule has 2 aromatic carbocycles. The first kappa shape index (κ1) is 20.3. The summed E-state index contributed by atoms with van der Waals surface area (Å²) < 4.78 is 30.0. The summed E-state index contributed by atoms with van der Waals surface area (Å²) in [6.07, 6.45) is 2.82. The van der Waals surface area contributed by atoms with Gasteiger partial charge in [0.25, 0.3) is 0 Å². The minimum atomic E-state index is -3.63. The zero-order chi connectivity index (χ0) is 20.4. The molecule has 3 rings (SSSR count). The van der Waals surface area contributed by atoms with Crippen LogP contribution in [0.2, 0.25) is 0 Å². The summed E-state index contributed by atoms with van der Waals surface area (Å²) in [4.78, 5) is 0.262. The molecule has 1 atom stereocenters. The van der Waals surface area contributed by atoms with Crippen molar-refractivity contribution in [3.63, 3.8) is 0 Å². The van der Waals surface area contributed by atoms with Crippen LogP contribution in [0, 0.1) is 0 Å². The van der Waals surface area contributed by atoms with Gasteiger partial charge in [-0.05, 0) is 54.7 Å². The lowest BCUT2D eigenvalue weighted by molar-refractivity contribution is 0.505. The summed E-state index contributed by atoms with van der Waals surface area (Å²) in [5, 5.41) is 4.51. The van der Waals surface area contributed by atoms with E-state index < -0.39 is 16.1 Å². The van der Waals surface area contributed by atoms with E-state index >= 15 is 0 Å². The number of benzene rings is 2. The Bertz CT molecular complexity index is 1020. The average Bonchev–Trinajstić information content (AvgIpc) is 3.19. The third kappa shape index (κ3) is 4.34. The van der Waals surface area contributed by atoms with Gasteiger partial charge in [0, 0.05) is 6.20 Å². The smallest absolute Gasteiger partial charge is 0.241 e. The number of aromatic nitrogens is 2. The lowest BCUT2D eigenvalue weighted by Gasteiger charge is -2.23. The first-order valence-corrected chi connectivity index (χ1v) is 10.9. The van der Waals surface area contributed by atoms with Gasteiger partial charge in [-0.15, -0.1) is 0 Å². The Labute approximate surface area is 167 Å². The SMILES string of the molecule is CCC(C)(C)c1ccc(S(=O)(=O)NC(C)c2ccn(-c3ccccc3)n2)cc1. The maximum Gasteiger partial charge on any atom is 0.241 e. The summed E-state index contributed by atoms with van der Waals surface area (Å²) in [6.45, 7) is 8.23. The number of sulfonamides is 1. The minimum absolute atomic E-state index is 0.0211. The van der Waals surface area contributed by atoms with E-state index in [4.69, 9.17) is 0 Å². The fourth-order valence-corrected chi connectivity index (χ4v) is 4.16. The van der Waals surface area contributed by atoms with E-state index in [0.29, 0.717) is 5.69 Å². The van der Waals surface area contributed by atoms with Crippen molar-refractivity contribution in [2.75, 3.05) is 0 Å². The van der Waals surface area contributed by atoms with Crippen molar-refractivity contribution < 1.29 is 8.42 Å². The van der Waals surface area contributed by atoms with Crippen LogP contribution in [0.4, 0.5) is 0 Å². The Hall–Kier alpha value is -2.44. The van der Waals surface area contributed by atoms with Crippen molar-refractivity contribution in [1.82, 2.24) is 14.5 Å². The molecule has 28 heavy (non-hydrogen) atoms. The van der Waals surface area contributed by atoms with Crippen molar-refractivity contribution >= 4 is 10.0 Å². The minimum Gasteiger partial charge on any atom is -0.241 e. The van der Waals surface area contributed by atoms with Crippen LogP contribution in [-0.4, -0.2) is 18.2 Å². The molecule has 0 fully saturated rings. The Kier molecular flexibility index (Phi) is 5.72. The van der Waals surface area contributed by atoms with Crippen LogP contribution in [0.15, 0.2) is 71.8 Å². The molecule has 0 aliphatic heterocycles. The standard InChI is InChI=1S/C22H27N3O2S/c1-5-22(3,4)18-11-13-20(14-12-18)28(26,27)24-17(2)21-15-16-25(23-21)19-9-7-6-8-10-19/h6-17,24H,5H2,1-4H3. The third-order valence-electron chi connectivity index (χ3n) is 5.24. The number of hydrogen-bond acceptors (Lipinski definition) is 3. The van der Waals surface area contributed by atoms with Gasteiger partial charge in [-0.25, -0.2) is 17.8 Å². The van der Waals surface area contributed by atoms with Gasteiger partial charge in [0.2, 0.25) is 10.0 Å². The van der Waals surface area contributed by atoms with Crippen molar-refractivity contribution in [3.05, 3.63) is 78.1 Å². The van der Waals surface area contributed by atoms with E-state index in [9.17, 15) is 8.42 Å². The molecule has 0 saturated heterocycles. The molecular weight excluding hydrogens is 370 g/mol. The molecule has 3 aromatic rings. The van der Waals surface area contributed by atoms with Crippen molar-refractivity contribution in [2.45, 2.75) is 50.5 Å². The second kappa shape index (κ2) is 7.89. The maximum absolute atomic E-state index is 12.8. The maximum atomic E-state index is 12.8. The predicted octanol–water partition coefficient (Wildman–Crippen LogP) is 4.60. The number of nitrogens with zero attached hydrogens (tertiary/aromatic N) is 2. The molecule has 0 radical (unpaired) electrons. The van der Waals surface area contributed by atoms with E-state index in [2.05, 4.69) is 30.6 Å². The molecule has 5 nitrogen and oxygen atoms in total. The second-order valence-electron chi connectivity index (χ2n) is 7.63. The van der Waals surface area contributed by atoms with Gasteiger partial charge in [0.1, 0.15) is 0 Å². The van der Waals surface area contributed by atoms with E-state index in [1.807, 2.05) is 54.7 Å². The second-order valence-corrected chi connectivity index (χ2v) is 9.34. The highest BCUT2D eigenvalue weighted by Gasteiger charge is 2.22. The molecular formula is C22H27N3O2S. The van der Waals surface area contributed by atoms with Crippen LogP contribution in [-0.2, 0) is 15.4 Å². The molecule has 0 aliphatic carbocycles. The quantitative estimate of drug-likeness (QED) is 0.634. The van der Waals surface area contributed by atoms with E-state index in [0.717, 1.165) is 17.7 Å². The van der Waals surface area contributed by atoms with E-state index in [1.165, 1.54) is 0 Å². The van der Waals surface area contributed by atoms with E-state index in [-0.39, 0.29) is 10.3 Å². The van der Waals surface area contributed by atoms with Gasteiger partial charge in [-0.1, -0.05) is 51.1 Å².